The normalized spacial score (nSPS) is 19.9. The molecule has 2 rings (SSSR count). The predicted octanol–water partition coefficient (Wildman–Crippen LogP) is 0.698. The van der Waals surface area contributed by atoms with Crippen molar-refractivity contribution in [2.24, 2.45) is 0 Å². The van der Waals surface area contributed by atoms with Crippen molar-refractivity contribution in [2.75, 3.05) is 26.2 Å². The van der Waals surface area contributed by atoms with Crippen molar-refractivity contribution in [1.29, 1.82) is 0 Å². The molecular weight excluding hydrogens is 296 g/mol. The van der Waals surface area contributed by atoms with Crippen molar-refractivity contribution in [3.05, 3.63) is 0 Å². The minimum atomic E-state index is -0.246. The molecule has 2 fully saturated rings. The number of nitrogens with one attached hydrogen (secondary N) is 2. The average Bonchev–Trinajstić information content (AvgIpc) is 2.83. The summed E-state index contributed by atoms with van der Waals surface area (Å²) >= 11 is 0. The van der Waals surface area contributed by atoms with Gasteiger partial charge in [0.2, 0.25) is 11.8 Å². The van der Waals surface area contributed by atoms with Gasteiger partial charge in [-0.2, -0.15) is 0 Å². The molecule has 0 saturated carbocycles. The topological polar surface area (TPSA) is 81.8 Å². The number of likely N-dealkylation sites (tertiary alicyclic amines) is 2. The molecule has 0 bridgehead atoms. The van der Waals surface area contributed by atoms with Gasteiger partial charge in [0.05, 0.1) is 6.54 Å². The third-order valence-corrected chi connectivity index (χ3v) is 4.14. The van der Waals surface area contributed by atoms with E-state index in [2.05, 4.69) is 10.6 Å². The molecule has 2 aliphatic heterocycles. The first kappa shape index (κ1) is 17.6. The van der Waals surface area contributed by atoms with Gasteiger partial charge in [-0.05, 0) is 40.0 Å². The van der Waals surface area contributed by atoms with Crippen molar-refractivity contribution < 1.29 is 14.4 Å². The fourth-order valence-corrected chi connectivity index (χ4v) is 2.94. The maximum atomic E-state index is 12.1. The first-order chi connectivity index (χ1) is 10.7. The number of rotatable bonds is 3. The van der Waals surface area contributed by atoms with E-state index in [1.807, 2.05) is 20.8 Å². The lowest BCUT2D eigenvalue weighted by Gasteiger charge is -2.34. The molecule has 0 aromatic rings. The average molecular weight is 324 g/mol. The van der Waals surface area contributed by atoms with Crippen molar-refractivity contribution in [3.63, 3.8) is 0 Å². The van der Waals surface area contributed by atoms with E-state index in [9.17, 15) is 14.4 Å². The lowest BCUT2D eigenvalue weighted by molar-refractivity contribution is -0.133. The Hall–Kier alpha value is -1.79. The van der Waals surface area contributed by atoms with Crippen LogP contribution < -0.4 is 10.6 Å². The van der Waals surface area contributed by atoms with E-state index >= 15 is 0 Å². The summed E-state index contributed by atoms with van der Waals surface area (Å²) in [5, 5.41) is 5.94. The molecule has 23 heavy (non-hydrogen) atoms. The van der Waals surface area contributed by atoms with Crippen LogP contribution in [0.3, 0.4) is 0 Å². The monoisotopic (exact) mass is 324 g/mol. The Morgan fingerprint density at radius 3 is 2.35 bits per heavy atom. The Bertz CT molecular complexity index is 464. The Balaban J connectivity index is 1.71. The first-order valence-electron chi connectivity index (χ1n) is 8.39. The highest BCUT2D eigenvalue weighted by Gasteiger charge is 2.27. The van der Waals surface area contributed by atoms with Crippen LogP contribution in [0.25, 0.3) is 0 Å². The number of carbonyl (C=O) groups excluding carboxylic acids is 3. The molecule has 0 radical (unpaired) electrons. The molecule has 7 heteroatoms. The van der Waals surface area contributed by atoms with E-state index in [1.54, 1.807) is 9.80 Å². The summed E-state index contributed by atoms with van der Waals surface area (Å²) in [6.45, 7) is 7.97. The van der Waals surface area contributed by atoms with Gasteiger partial charge in [-0.25, -0.2) is 4.79 Å². The summed E-state index contributed by atoms with van der Waals surface area (Å²) < 4.78 is 0. The molecule has 130 valence electrons. The molecule has 7 nitrogen and oxygen atoms in total. The number of nitrogens with zero attached hydrogens (tertiary/aromatic N) is 2. The molecule has 0 spiro atoms. The Morgan fingerprint density at radius 1 is 1.17 bits per heavy atom. The van der Waals surface area contributed by atoms with E-state index in [1.165, 1.54) is 0 Å². The second kappa shape index (κ2) is 7.19. The number of piperidine rings is 1. The zero-order valence-corrected chi connectivity index (χ0v) is 14.4. The molecule has 2 saturated heterocycles. The van der Waals surface area contributed by atoms with Gasteiger partial charge in [0.25, 0.3) is 0 Å². The number of hydrogen-bond acceptors (Lipinski definition) is 3. The highest BCUT2D eigenvalue weighted by Crippen LogP contribution is 2.13. The molecular formula is C16H28N4O3. The lowest BCUT2D eigenvalue weighted by Crippen LogP contribution is -2.53. The molecule has 2 heterocycles. The van der Waals surface area contributed by atoms with Gasteiger partial charge in [0, 0.05) is 37.6 Å². The van der Waals surface area contributed by atoms with Gasteiger partial charge in [-0.1, -0.05) is 0 Å². The zero-order chi connectivity index (χ0) is 17.0. The van der Waals surface area contributed by atoms with Crippen molar-refractivity contribution in [1.82, 2.24) is 20.4 Å². The van der Waals surface area contributed by atoms with Crippen LogP contribution in [0.4, 0.5) is 4.79 Å². The largest absolute Gasteiger partial charge is 0.352 e. The Morgan fingerprint density at radius 2 is 1.83 bits per heavy atom. The highest BCUT2D eigenvalue weighted by molar-refractivity contribution is 5.86. The van der Waals surface area contributed by atoms with E-state index in [-0.39, 0.29) is 36.0 Å². The van der Waals surface area contributed by atoms with Crippen LogP contribution in [0.5, 0.6) is 0 Å². The molecule has 0 unspecified atom stereocenters. The van der Waals surface area contributed by atoms with Gasteiger partial charge in [0.1, 0.15) is 0 Å². The quantitative estimate of drug-likeness (QED) is 0.802. The fraction of sp³-hybridized carbons (Fsp3) is 0.812. The van der Waals surface area contributed by atoms with Gasteiger partial charge < -0.3 is 20.4 Å². The molecule has 4 amide bonds. The van der Waals surface area contributed by atoms with Crippen molar-refractivity contribution >= 4 is 17.8 Å². The highest BCUT2D eigenvalue weighted by atomic mass is 16.2. The van der Waals surface area contributed by atoms with Crippen LogP contribution in [0.15, 0.2) is 0 Å². The minimum absolute atomic E-state index is 0.0510. The standard InChI is InChI=1S/C16H28N4O3/c1-16(2,3)18-15(23)19-9-6-12(7-10-19)17-13(21)11-20-8-4-5-14(20)22/h12H,4-11H2,1-3H3,(H,17,21)(H,18,23). The van der Waals surface area contributed by atoms with Crippen LogP contribution in [-0.4, -0.2) is 65.4 Å². The van der Waals surface area contributed by atoms with E-state index < -0.39 is 0 Å². The summed E-state index contributed by atoms with van der Waals surface area (Å²) in [7, 11) is 0. The maximum absolute atomic E-state index is 12.1. The Labute approximate surface area is 137 Å². The Kier molecular flexibility index (Phi) is 5.49. The van der Waals surface area contributed by atoms with Crippen LogP contribution in [0, 0.1) is 0 Å². The summed E-state index contributed by atoms with van der Waals surface area (Å²) in [6, 6.07) is 0.0313. The van der Waals surface area contributed by atoms with E-state index in [0.29, 0.717) is 26.1 Å². The molecule has 0 aromatic heterocycles. The summed E-state index contributed by atoms with van der Waals surface area (Å²) in [5.41, 5.74) is -0.246. The van der Waals surface area contributed by atoms with Crippen LogP contribution in [0.1, 0.15) is 46.5 Å². The van der Waals surface area contributed by atoms with Crippen molar-refractivity contribution in [2.45, 2.75) is 58.0 Å². The maximum Gasteiger partial charge on any atom is 0.317 e. The summed E-state index contributed by atoms with van der Waals surface area (Å²) in [5.74, 6) is -0.0355. The summed E-state index contributed by atoms with van der Waals surface area (Å²) in [6.07, 6.45) is 2.89. The molecule has 2 aliphatic rings. The zero-order valence-electron chi connectivity index (χ0n) is 14.4. The van der Waals surface area contributed by atoms with Gasteiger partial charge in [-0.15, -0.1) is 0 Å². The lowest BCUT2D eigenvalue weighted by atomic mass is 10.0. The number of amides is 4. The fourth-order valence-electron chi connectivity index (χ4n) is 2.94. The number of carbonyl (C=O) groups is 3. The third kappa shape index (κ3) is 5.41. The minimum Gasteiger partial charge on any atom is -0.352 e. The van der Waals surface area contributed by atoms with E-state index in [4.69, 9.17) is 0 Å². The van der Waals surface area contributed by atoms with Crippen molar-refractivity contribution in [3.8, 4) is 0 Å². The molecule has 0 atom stereocenters. The van der Waals surface area contributed by atoms with Crippen LogP contribution in [0.2, 0.25) is 0 Å². The van der Waals surface area contributed by atoms with Gasteiger partial charge >= 0.3 is 6.03 Å². The van der Waals surface area contributed by atoms with Crippen LogP contribution >= 0.6 is 0 Å². The number of hydrogen-bond donors (Lipinski definition) is 2. The second-order valence-corrected chi connectivity index (χ2v) is 7.43. The number of urea groups is 1. The third-order valence-electron chi connectivity index (χ3n) is 4.14. The summed E-state index contributed by atoms with van der Waals surface area (Å²) in [4.78, 5) is 39.0. The smallest absolute Gasteiger partial charge is 0.317 e. The molecule has 2 N–H and O–H groups in total. The molecule has 0 aliphatic carbocycles. The SMILES string of the molecule is CC(C)(C)NC(=O)N1CCC(NC(=O)CN2CCCC2=O)CC1. The van der Waals surface area contributed by atoms with Gasteiger partial charge in [0.15, 0.2) is 0 Å². The predicted molar refractivity (Wildman–Crippen MR) is 86.8 cm³/mol. The first-order valence-corrected chi connectivity index (χ1v) is 8.39. The second-order valence-electron chi connectivity index (χ2n) is 7.43. The van der Waals surface area contributed by atoms with Gasteiger partial charge in [-0.3, -0.25) is 9.59 Å². The molecule has 0 aromatic carbocycles. The van der Waals surface area contributed by atoms with Crippen LogP contribution in [-0.2, 0) is 9.59 Å². The van der Waals surface area contributed by atoms with E-state index in [0.717, 1.165) is 19.3 Å².